The lowest BCUT2D eigenvalue weighted by atomic mass is 10.1. The van der Waals surface area contributed by atoms with Crippen molar-refractivity contribution in [2.24, 2.45) is 0 Å². The summed E-state index contributed by atoms with van der Waals surface area (Å²) in [4.78, 5) is 5.57. The van der Waals surface area contributed by atoms with Crippen LogP contribution in [0.4, 0.5) is 5.69 Å². The molecule has 0 saturated heterocycles. The van der Waals surface area contributed by atoms with E-state index in [-0.39, 0.29) is 0 Å². The molecule has 0 spiro atoms. The van der Waals surface area contributed by atoms with E-state index in [2.05, 4.69) is 47.4 Å². The van der Waals surface area contributed by atoms with Crippen molar-refractivity contribution in [3.63, 3.8) is 0 Å². The Kier molecular flexibility index (Phi) is 3.13. The number of pyridine rings is 1. The Balaban J connectivity index is 1.94. The van der Waals surface area contributed by atoms with Gasteiger partial charge in [-0.1, -0.05) is 42.1 Å². The Hall–Kier alpha value is -2.00. The molecular formula is C16H14N2S. The van der Waals surface area contributed by atoms with Crippen LogP contribution in [0.2, 0.25) is 0 Å². The molecule has 3 aromatic rings. The number of rotatable bonds is 2. The van der Waals surface area contributed by atoms with Crippen molar-refractivity contribution in [1.82, 2.24) is 4.98 Å². The van der Waals surface area contributed by atoms with Crippen molar-refractivity contribution in [2.45, 2.75) is 16.8 Å². The Labute approximate surface area is 116 Å². The largest absolute Gasteiger partial charge is 0.398 e. The molecule has 0 saturated carbocycles. The summed E-state index contributed by atoms with van der Waals surface area (Å²) in [5.74, 6) is 0. The molecule has 94 valence electrons. The number of aryl methyl sites for hydroxylation is 1. The van der Waals surface area contributed by atoms with Crippen LogP contribution in [-0.2, 0) is 0 Å². The van der Waals surface area contributed by atoms with Gasteiger partial charge in [0.15, 0.2) is 0 Å². The highest BCUT2D eigenvalue weighted by Gasteiger charge is 2.02. The average Bonchev–Trinajstić information content (AvgIpc) is 2.43. The lowest BCUT2D eigenvalue weighted by Crippen LogP contribution is -1.91. The van der Waals surface area contributed by atoms with Crippen LogP contribution >= 0.6 is 11.8 Å². The van der Waals surface area contributed by atoms with Crippen LogP contribution in [0, 0.1) is 6.92 Å². The molecule has 2 N–H and O–H groups in total. The van der Waals surface area contributed by atoms with Gasteiger partial charge >= 0.3 is 0 Å². The van der Waals surface area contributed by atoms with E-state index in [4.69, 9.17) is 5.73 Å². The standard InChI is InChI=1S/C16H14N2S/c1-11-10-18-16(9-15(11)17)19-14-7-6-12-4-2-3-5-13(12)8-14/h2-10H,1H3,(H2,17,18). The third kappa shape index (κ3) is 2.56. The molecule has 19 heavy (non-hydrogen) atoms. The van der Waals surface area contributed by atoms with Crippen LogP contribution in [0.1, 0.15) is 5.56 Å². The van der Waals surface area contributed by atoms with Crippen molar-refractivity contribution >= 4 is 28.2 Å². The first-order valence-corrected chi connectivity index (χ1v) is 6.93. The normalized spacial score (nSPS) is 10.8. The maximum absolute atomic E-state index is 5.91. The Morgan fingerprint density at radius 2 is 1.79 bits per heavy atom. The van der Waals surface area contributed by atoms with Crippen molar-refractivity contribution in [3.8, 4) is 0 Å². The van der Waals surface area contributed by atoms with E-state index in [1.165, 1.54) is 15.7 Å². The van der Waals surface area contributed by atoms with Gasteiger partial charge in [-0.2, -0.15) is 0 Å². The first kappa shape index (κ1) is 12.1. The monoisotopic (exact) mass is 266 g/mol. The number of hydrogen-bond donors (Lipinski definition) is 1. The van der Waals surface area contributed by atoms with Gasteiger partial charge in [-0.25, -0.2) is 4.98 Å². The van der Waals surface area contributed by atoms with Gasteiger partial charge in [0.1, 0.15) is 5.03 Å². The van der Waals surface area contributed by atoms with E-state index in [9.17, 15) is 0 Å². The zero-order valence-corrected chi connectivity index (χ0v) is 11.4. The molecule has 1 aromatic heterocycles. The lowest BCUT2D eigenvalue weighted by molar-refractivity contribution is 1.11. The number of hydrogen-bond acceptors (Lipinski definition) is 3. The summed E-state index contributed by atoms with van der Waals surface area (Å²) in [5.41, 5.74) is 7.72. The maximum atomic E-state index is 5.91. The van der Waals surface area contributed by atoms with Gasteiger partial charge in [-0.15, -0.1) is 0 Å². The third-order valence-electron chi connectivity index (χ3n) is 3.06. The molecule has 1 heterocycles. The molecule has 0 fully saturated rings. The summed E-state index contributed by atoms with van der Waals surface area (Å²) in [7, 11) is 0. The van der Waals surface area contributed by atoms with E-state index in [1.54, 1.807) is 11.8 Å². The third-order valence-corrected chi connectivity index (χ3v) is 3.99. The van der Waals surface area contributed by atoms with E-state index in [1.807, 2.05) is 19.2 Å². The second-order valence-electron chi connectivity index (χ2n) is 4.49. The average molecular weight is 266 g/mol. The van der Waals surface area contributed by atoms with Crippen LogP contribution in [0.15, 0.2) is 64.6 Å². The Morgan fingerprint density at radius 1 is 1.00 bits per heavy atom. The number of nitrogens with zero attached hydrogens (tertiary/aromatic N) is 1. The smallest absolute Gasteiger partial charge is 0.103 e. The van der Waals surface area contributed by atoms with Crippen molar-refractivity contribution in [3.05, 3.63) is 60.3 Å². The Morgan fingerprint density at radius 3 is 2.58 bits per heavy atom. The predicted octanol–water partition coefficient (Wildman–Crippen LogP) is 4.28. The highest BCUT2D eigenvalue weighted by molar-refractivity contribution is 7.99. The molecule has 2 aromatic carbocycles. The van der Waals surface area contributed by atoms with Crippen LogP contribution < -0.4 is 5.73 Å². The minimum Gasteiger partial charge on any atom is -0.398 e. The molecular weight excluding hydrogens is 252 g/mol. The second-order valence-corrected chi connectivity index (χ2v) is 5.58. The van der Waals surface area contributed by atoms with Crippen LogP contribution in [0.3, 0.4) is 0 Å². The predicted molar refractivity (Wildman–Crippen MR) is 81.5 cm³/mol. The maximum Gasteiger partial charge on any atom is 0.103 e. The number of nitrogen functional groups attached to an aromatic ring is 1. The quantitative estimate of drug-likeness (QED) is 0.752. The number of aromatic nitrogens is 1. The minimum atomic E-state index is 0.790. The van der Waals surface area contributed by atoms with E-state index in [0.29, 0.717) is 0 Å². The zero-order chi connectivity index (χ0) is 13.2. The van der Waals surface area contributed by atoms with E-state index < -0.39 is 0 Å². The van der Waals surface area contributed by atoms with Crippen LogP contribution in [0.5, 0.6) is 0 Å². The topological polar surface area (TPSA) is 38.9 Å². The molecule has 0 aliphatic carbocycles. The molecule has 0 bridgehead atoms. The molecule has 0 aliphatic rings. The van der Waals surface area contributed by atoms with Crippen LogP contribution in [0.25, 0.3) is 10.8 Å². The van der Waals surface area contributed by atoms with Gasteiger partial charge in [0.25, 0.3) is 0 Å². The van der Waals surface area contributed by atoms with Gasteiger partial charge in [0.2, 0.25) is 0 Å². The lowest BCUT2D eigenvalue weighted by Gasteiger charge is -2.05. The first-order chi connectivity index (χ1) is 9.22. The van der Waals surface area contributed by atoms with Crippen molar-refractivity contribution < 1.29 is 0 Å². The van der Waals surface area contributed by atoms with Crippen molar-refractivity contribution in [1.29, 1.82) is 0 Å². The molecule has 2 nitrogen and oxygen atoms in total. The highest BCUT2D eigenvalue weighted by Crippen LogP contribution is 2.30. The zero-order valence-electron chi connectivity index (χ0n) is 10.6. The summed E-state index contributed by atoms with van der Waals surface area (Å²) < 4.78 is 0. The fourth-order valence-electron chi connectivity index (χ4n) is 1.93. The number of benzene rings is 2. The SMILES string of the molecule is Cc1cnc(Sc2ccc3ccccc3c2)cc1N. The van der Waals surface area contributed by atoms with Crippen molar-refractivity contribution in [2.75, 3.05) is 5.73 Å². The number of nitrogens with two attached hydrogens (primary N) is 1. The minimum absolute atomic E-state index is 0.790. The fourth-order valence-corrected chi connectivity index (χ4v) is 2.78. The number of fused-ring (bicyclic) bond motifs is 1. The second kappa shape index (κ2) is 4.94. The Bertz CT molecular complexity index is 738. The molecule has 0 unspecified atom stereocenters. The van der Waals surface area contributed by atoms with E-state index in [0.717, 1.165) is 16.3 Å². The summed E-state index contributed by atoms with van der Waals surface area (Å²) in [6, 6.07) is 16.7. The van der Waals surface area contributed by atoms with Gasteiger partial charge in [-0.3, -0.25) is 0 Å². The summed E-state index contributed by atoms with van der Waals surface area (Å²) in [6.45, 7) is 1.97. The molecule has 0 radical (unpaired) electrons. The summed E-state index contributed by atoms with van der Waals surface area (Å²) >= 11 is 1.63. The summed E-state index contributed by atoms with van der Waals surface area (Å²) in [6.07, 6.45) is 1.82. The number of anilines is 1. The van der Waals surface area contributed by atoms with Gasteiger partial charge < -0.3 is 5.73 Å². The highest BCUT2D eigenvalue weighted by atomic mass is 32.2. The first-order valence-electron chi connectivity index (χ1n) is 6.11. The molecule has 3 rings (SSSR count). The molecule has 0 amide bonds. The fraction of sp³-hybridized carbons (Fsp3) is 0.0625. The van der Waals surface area contributed by atoms with Gasteiger partial charge in [0.05, 0.1) is 0 Å². The van der Waals surface area contributed by atoms with E-state index >= 15 is 0 Å². The molecule has 0 aliphatic heterocycles. The van der Waals surface area contributed by atoms with Gasteiger partial charge in [0, 0.05) is 16.8 Å². The summed E-state index contributed by atoms with van der Waals surface area (Å²) in [5, 5.41) is 3.43. The van der Waals surface area contributed by atoms with Gasteiger partial charge in [-0.05, 0) is 41.5 Å². The van der Waals surface area contributed by atoms with Crippen LogP contribution in [-0.4, -0.2) is 4.98 Å². The molecule has 0 atom stereocenters. The molecule has 3 heteroatoms.